The van der Waals surface area contributed by atoms with Gasteiger partial charge in [0, 0.05) is 21.7 Å². The average Bonchev–Trinajstić information content (AvgIpc) is 2.58. The highest BCUT2D eigenvalue weighted by atomic mass is 79.9. The molecule has 1 aromatic heterocycles. The van der Waals surface area contributed by atoms with Gasteiger partial charge in [-0.25, -0.2) is 10.4 Å². The molecule has 0 spiro atoms. The Morgan fingerprint density at radius 1 is 1.17 bits per heavy atom. The van der Waals surface area contributed by atoms with Crippen LogP contribution < -0.4 is 11.0 Å². The Morgan fingerprint density at radius 2 is 1.96 bits per heavy atom. The smallest absolute Gasteiger partial charge is 0.252 e. The van der Waals surface area contributed by atoms with Crippen molar-refractivity contribution in [3.63, 3.8) is 0 Å². The molecule has 120 valence electrons. The van der Waals surface area contributed by atoms with Crippen LogP contribution in [-0.2, 0) is 0 Å². The standard InChI is InChI=1S/C17H13BrN4O2/c18-13-6-7-15(23)12(8-13)10-19-22-17-20-14(9-16(24)21-17)11-4-2-1-3-5-11/h1-10,23H,(H2,20,21,22,24). The van der Waals surface area contributed by atoms with E-state index >= 15 is 0 Å². The van der Waals surface area contributed by atoms with E-state index in [2.05, 4.69) is 36.4 Å². The Labute approximate surface area is 146 Å². The molecular weight excluding hydrogens is 372 g/mol. The molecule has 1 heterocycles. The topological polar surface area (TPSA) is 90.4 Å². The molecule has 0 saturated heterocycles. The fraction of sp³-hybridized carbons (Fsp3) is 0. The molecule has 24 heavy (non-hydrogen) atoms. The second-order valence-electron chi connectivity index (χ2n) is 4.92. The molecule has 0 amide bonds. The number of hydrogen-bond acceptors (Lipinski definition) is 5. The number of hydrazone groups is 1. The summed E-state index contributed by atoms with van der Waals surface area (Å²) in [5, 5.41) is 13.8. The summed E-state index contributed by atoms with van der Waals surface area (Å²) in [5.74, 6) is 0.315. The third-order valence-corrected chi connectivity index (χ3v) is 3.67. The van der Waals surface area contributed by atoms with Gasteiger partial charge in [-0.2, -0.15) is 5.10 Å². The molecule has 6 nitrogen and oxygen atoms in total. The molecule has 0 fully saturated rings. The third kappa shape index (κ3) is 3.88. The molecule has 2 aromatic carbocycles. The Balaban J connectivity index is 1.83. The maximum atomic E-state index is 11.8. The summed E-state index contributed by atoms with van der Waals surface area (Å²) in [6, 6.07) is 15.8. The number of hydrogen-bond donors (Lipinski definition) is 3. The van der Waals surface area contributed by atoms with Gasteiger partial charge in [-0.15, -0.1) is 0 Å². The number of anilines is 1. The molecule has 0 bridgehead atoms. The highest BCUT2D eigenvalue weighted by molar-refractivity contribution is 9.10. The quantitative estimate of drug-likeness (QED) is 0.475. The normalized spacial score (nSPS) is 10.9. The maximum absolute atomic E-state index is 11.8. The number of aromatic amines is 1. The van der Waals surface area contributed by atoms with Crippen LogP contribution in [0.15, 0.2) is 69.0 Å². The Hall–Kier alpha value is -2.93. The van der Waals surface area contributed by atoms with E-state index in [4.69, 9.17) is 0 Å². The lowest BCUT2D eigenvalue weighted by atomic mass is 10.1. The fourth-order valence-corrected chi connectivity index (χ4v) is 2.44. The van der Waals surface area contributed by atoms with Crippen LogP contribution in [0.5, 0.6) is 5.75 Å². The summed E-state index contributed by atoms with van der Waals surface area (Å²) in [4.78, 5) is 18.7. The first-order valence-electron chi connectivity index (χ1n) is 7.06. The van der Waals surface area contributed by atoms with Gasteiger partial charge >= 0.3 is 0 Å². The van der Waals surface area contributed by atoms with E-state index < -0.39 is 0 Å². The molecule has 0 atom stereocenters. The van der Waals surface area contributed by atoms with E-state index in [1.54, 1.807) is 18.2 Å². The van der Waals surface area contributed by atoms with Crippen LogP contribution in [0.25, 0.3) is 11.3 Å². The zero-order chi connectivity index (χ0) is 16.9. The Bertz CT molecular complexity index is 939. The van der Waals surface area contributed by atoms with Crippen LogP contribution in [-0.4, -0.2) is 21.3 Å². The van der Waals surface area contributed by atoms with Crippen molar-refractivity contribution in [3.8, 4) is 17.0 Å². The lowest BCUT2D eigenvalue weighted by molar-refractivity contribution is 0.474. The molecule has 0 unspecified atom stereocenters. The third-order valence-electron chi connectivity index (χ3n) is 3.17. The van der Waals surface area contributed by atoms with E-state index in [9.17, 15) is 9.90 Å². The SMILES string of the molecule is O=c1cc(-c2ccccc2)nc(NN=Cc2cc(Br)ccc2O)[nH]1. The summed E-state index contributed by atoms with van der Waals surface area (Å²) < 4.78 is 0.819. The first-order valence-corrected chi connectivity index (χ1v) is 7.85. The lowest BCUT2D eigenvalue weighted by Gasteiger charge is -2.04. The number of halogens is 1. The average molecular weight is 385 g/mol. The predicted molar refractivity (Wildman–Crippen MR) is 97.3 cm³/mol. The molecule has 3 N–H and O–H groups in total. The number of benzene rings is 2. The monoisotopic (exact) mass is 384 g/mol. The summed E-state index contributed by atoms with van der Waals surface area (Å²) in [6.45, 7) is 0. The van der Waals surface area contributed by atoms with E-state index in [1.807, 2.05) is 30.3 Å². The number of aromatic nitrogens is 2. The van der Waals surface area contributed by atoms with Gasteiger partial charge in [0.1, 0.15) is 5.75 Å². The lowest BCUT2D eigenvalue weighted by Crippen LogP contribution is -2.10. The molecule has 0 aliphatic carbocycles. The van der Waals surface area contributed by atoms with E-state index in [0.29, 0.717) is 11.3 Å². The predicted octanol–water partition coefficient (Wildman–Crippen LogP) is 3.35. The minimum absolute atomic E-state index is 0.100. The first kappa shape index (κ1) is 15.9. The van der Waals surface area contributed by atoms with Gasteiger partial charge in [0.25, 0.3) is 5.56 Å². The van der Waals surface area contributed by atoms with Gasteiger partial charge in [-0.3, -0.25) is 9.78 Å². The van der Waals surface area contributed by atoms with Crippen molar-refractivity contribution in [1.29, 1.82) is 0 Å². The van der Waals surface area contributed by atoms with Gasteiger partial charge in [0.05, 0.1) is 11.9 Å². The van der Waals surface area contributed by atoms with E-state index in [0.717, 1.165) is 10.0 Å². The molecule has 0 aliphatic rings. The van der Waals surface area contributed by atoms with Crippen molar-refractivity contribution in [3.05, 3.63) is 75.0 Å². The summed E-state index contributed by atoms with van der Waals surface area (Å²) in [7, 11) is 0. The number of H-pyrrole nitrogens is 1. The van der Waals surface area contributed by atoms with Crippen LogP contribution in [0, 0.1) is 0 Å². The first-order chi connectivity index (χ1) is 11.6. The zero-order valence-electron chi connectivity index (χ0n) is 12.4. The van der Waals surface area contributed by atoms with Crippen LogP contribution in [0.1, 0.15) is 5.56 Å². The van der Waals surface area contributed by atoms with Crippen LogP contribution >= 0.6 is 15.9 Å². The number of phenolic OH excluding ortho intramolecular Hbond substituents is 1. The molecule has 0 saturated carbocycles. The van der Waals surface area contributed by atoms with Gasteiger partial charge < -0.3 is 5.11 Å². The highest BCUT2D eigenvalue weighted by Gasteiger charge is 2.03. The van der Waals surface area contributed by atoms with Crippen molar-refractivity contribution in [2.45, 2.75) is 0 Å². The van der Waals surface area contributed by atoms with Crippen molar-refractivity contribution < 1.29 is 5.11 Å². The van der Waals surface area contributed by atoms with E-state index in [1.165, 1.54) is 12.3 Å². The fourth-order valence-electron chi connectivity index (χ4n) is 2.06. The molecule has 3 aromatic rings. The molecule has 7 heteroatoms. The van der Waals surface area contributed by atoms with Crippen LogP contribution in [0.2, 0.25) is 0 Å². The molecule has 0 radical (unpaired) electrons. The van der Waals surface area contributed by atoms with Gasteiger partial charge in [-0.1, -0.05) is 46.3 Å². The molecular formula is C17H13BrN4O2. The second-order valence-corrected chi connectivity index (χ2v) is 5.83. The number of nitrogens with one attached hydrogen (secondary N) is 2. The van der Waals surface area contributed by atoms with Crippen molar-refractivity contribution in [2.75, 3.05) is 5.43 Å². The van der Waals surface area contributed by atoms with Gasteiger partial charge in [0.15, 0.2) is 0 Å². The van der Waals surface area contributed by atoms with Gasteiger partial charge in [0.2, 0.25) is 5.95 Å². The minimum Gasteiger partial charge on any atom is -0.507 e. The molecule has 0 aliphatic heterocycles. The van der Waals surface area contributed by atoms with Gasteiger partial charge in [-0.05, 0) is 18.2 Å². The summed E-state index contributed by atoms with van der Waals surface area (Å²) in [6.07, 6.45) is 1.44. The highest BCUT2D eigenvalue weighted by Crippen LogP contribution is 2.20. The van der Waals surface area contributed by atoms with Crippen molar-refractivity contribution in [1.82, 2.24) is 9.97 Å². The van der Waals surface area contributed by atoms with E-state index in [-0.39, 0.29) is 17.3 Å². The van der Waals surface area contributed by atoms with Crippen molar-refractivity contribution >= 4 is 28.1 Å². The minimum atomic E-state index is -0.285. The number of phenols is 1. The number of aromatic hydroxyl groups is 1. The Morgan fingerprint density at radius 3 is 2.75 bits per heavy atom. The maximum Gasteiger partial charge on any atom is 0.252 e. The second kappa shape index (κ2) is 7.10. The summed E-state index contributed by atoms with van der Waals surface area (Å²) in [5.41, 5.74) is 4.29. The van der Waals surface area contributed by atoms with Crippen molar-refractivity contribution in [2.24, 2.45) is 5.10 Å². The molecule has 3 rings (SSSR count). The number of nitrogens with zero attached hydrogens (tertiary/aromatic N) is 2. The number of rotatable bonds is 4. The van der Waals surface area contributed by atoms with Crippen LogP contribution in [0.4, 0.5) is 5.95 Å². The zero-order valence-corrected chi connectivity index (χ0v) is 14.0. The largest absolute Gasteiger partial charge is 0.507 e. The summed E-state index contributed by atoms with van der Waals surface area (Å²) >= 11 is 3.33. The Kier molecular flexibility index (Phi) is 4.72. The van der Waals surface area contributed by atoms with Crippen LogP contribution in [0.3, 0.4) is 0 Å².